The van der Waals surface area contributed by atoms with E-state index in [1.54, 1.807) is 18.7 Å². The van der Waals surface area contributed by atoms with Crippen molar-refractivity contribution < 1.29 is 54.6 Å². The normalized spacial score (nSPS) is 14.5. The smallest absolute Gasteiger partial charge is 0.421 e. The Labute approximate surface area is 278 Å². The van der Waals surface area contributed by atoms with Crippen molar-refractivity contribution >= 4 is 29.3 Å². The highest BCUT2D eigenvalue weighted by atomic mass is 19.4. The molecule has 0 unspecified atom stereocenters. The number of carbonyl (C=O) groups excluding carboxylic acids is 3. The standard InChI is InChI=1S/C34H25F7N4O5/c1-32(2)29-24(15-44(32)14-20-7-8-21(33(36,37)38)13-25(20)34(39,40)41)27(42-43-29)22-9-10-26(35)28-23(22)11-12-45(28)31(48)50-17-49-30(47)19-5-3-18(16-46)4-6-19/h3-13,16H,14-15,17H2,1-2H3,(H,42,43). The highest BCUT2D eigenvalue weighted by Crippen LogP contribution is 2.45. The third-order valence-electron chi connectivity index (χ3n) is 8.63. The second-order valence-corrected chi connectivity index (χ2v) is 12.0. The molecule has 1 aliphatic rings. The fourth-order valence-corrected chi connectivity index (χ4v) is 5.97. The molecule has 0 spiro atoms. The summed E-state index contributed by atoms with van der Waals surface area (Å²) in [4.78, 5) is 37.6. The molecule has 260 valence electrons. The summed E-state index contributed by atoms with van der Waals surface area (Å²) in [7, 11) is 0. The van der Waals surface area contributed by atoms with Gasteiger partial charge in [0.15, 0.2) is 0 Å². The van der Waals surface area contributed by atoms with Crippen LogP contribution in [0.3, 0.4) is 0 Å². The van der Waals surface area contributed by atoms with Gasteiger partial charge in [-0.15, -0.1) is 0 Å². The fraction of sp³-hybridized carbons (Fsp3) is 0.235. The first kappa shape index (κ1) is 34.4. The molecule has 0 saturated carbocycles. The van der Waals surface area contributed by atoms with Crippen molar-refractivity contribution in [3.05, 3.63) is 112 Å². The molecule has 0 amide bonds. The lowest BCUT2D eigenvalue weighted by Crippen LogP contribution is -2.36. The van der Waals surface area contributed by atoms with Crippen LogP contribution in [0.4, 0.5) is 35.5 Å². The van der Waals surface area contributed by atoms with Crippen molar-refractivity contribution in [2.75, 3.05) is 6.79 Å². The number of aromatic nitrogens is 3. The van der Waals surface area contributed by atoms with Crippen molar-refractivity contribution in [3.63, 3.8) is 0 Å². The zero-order valence-corrected chi connectivity index (χ0v) is 26.1. The molecule has 9 nitrogen and oxygen atoms in total. The molecular weight excluding hydrogens is 677 g/mol. The summed E-state index contributed by atoms with van der Waals surface area (Å²) in [6.45, 7) is 2.33. The number of carbonyl (C=O) groups is 3. The number of benzene rings is 3. The maximum atomic E-state index is 15.2. The minimum atomic E-state index is -5.04. The van der Waals surface area contributed by atoms with E-state index in [1.165, 1.54) is 42.6 Å². The molecule has 0 aliphatic carbocycles. The van der Waals surface area contributed by atoms with Crippen LogP contribution in [0.5, 0.6) is 0 Å². The number of nitrogens with one attached hydrogen (secondary N) is 1. The fourth-order valence-electron chi connectivity index (χ4n) is 5.97. The third-order valence-corrected chi connectivity index (χ3v) is 8.63. The molecule has 0 radical (unpaired) electrons. The van der Waals surface area contributed by atoms with E-state index in [-0.39, 0.29) is 41.2 Å². The van der Waals surface area contributed by atoms with Gasteiger partial charge in [-0.3, -0.25) is 14.8 Å². The number of aldehydes is 1. The predicted octanol–water partition coefficient (Wildman–Crippen LogP) is 8.07. The van der Waals surface area contributed by atoms with Crippen molar-refractivity contribution in [3.8, 4) is 11.3 Å². The Morgan fingerprint density at radius 1 is 0.960 bits per heavy atom. The summed E-state index contributed by atoms with van der Waals surface area (Å²) in [6.07, 6.45) is -9.23. The monoisotopic (exact) mass is 702 g/mol. The van der Waals surface area contributed by atoms with Gasteiger partial charge < -0.3 is 9.47 Å². The summed E-state index contributed by atoms with van der Waals surface area (Å²) in [5, 5.41) is 7.55. The Bertz CT molecular complexity index is 2130. The predicted molar refractivity (Wildman–Crippen MR) is 162 cm³/mol. The quantitative estimate of drug-likeness (QED) is 0.0792. The van der Waals surface area contributed by atoms with Gasteiger partial charge >= 0.3 is 24.4 Å². The lowest BCUT2D eigenvalue weighted by molar-refractivity contribution is -0.143. The van der Waals surface area contributed by atoms with Crippen LogP contribution in [-0.2, 0) is 40.5 Å². The van der Waals surface area contributed by atoms with Crippen LogP contribution >= 0.6 is 0 Å². The number of rotatable bonds is 7. The van der Waals surface area contributed by atoms with E-state index in [0.717, 1.165) is 16.7 Å². The maximum absolute atomic E-state index is 15.2. The minimum Gasteiger partial charge on any atom is -0.424 e. The zero-order chi connectivity index (χ0) is 36.2. The number of hydrogen-bond donors (Lipinski definition) is 1. The first-order valence-corrected chi connectivity index (χ1v) is 14.8. The van der Waals surface area contributed by atoms with Gasteiger partial charge in [-0.2, -0.15) is 31.4 Å². The van der Waals surface area contributed by atoms with Gasteiger partial charge in [-0.05, 0) is 61.9 Å². The summed E-state index contributed by atoms with van der Waals surface area (Å²) < 4.78 is 107. The summed E-state index contributed by atoms with van der Waals surface area (Å²) in [5.41, 5.74) is -2.06. The van der Waals surface area contributed by atoms with E-state index in [0.29, 0.717) is 40.4 Å². The number of esters is 1. The molecule has 1 aliphatic heterocycles. The molecule has 3 aromatic carbocycles. The Morgan fingerprint density at radius 2 is 1.68 bits per heavy atom. The maximum Gasteiger partial charge on any atom is 0.421 e. The van der Waals surface area contributed by atoms with E-state index < -0.39 is 53.7 Å². The Morgan fingerprint density at radius 3 is 2.34 bits per heavy atom. The largest absolute Gasteiger partial charge is 0.424 e. The first-order chi connectivity index (χ1) is 23.5. The van der Waals surface area contributed by atoms with E-state index in [9.17, 15) is 40.7 Å². The van der Waals surface area contributed by atoms with Gasteiger partial charge in [-0.1, -0.05) is 18.2 Å². The lowest BCUT2D eigenvalue weighted by Gasteiger charge is -2.32. The topological polar surface area (TPSA) is 107 Å². The number of H-pyrrole nitrogens is 1. The van der Waals surface area contributed by atoms with E-state index in [1.807, 2.05) is 0 Å². The van der Waals surface area contributed by atoms with Crippen LogP contribution in [-0.4, -0.2) is 44.8 Å². The molecular formula is C34H25F7N4O5. The molecule has 2 aromatic heterocycles. The molecule has 16 heteroatoms. The number of hydrogen-bond acceptors (Lipinski definition) is 7. The van der Waals surface area contributed by atoms with Gasteiger partial charge in [-0.25, -0.2) is 18.5 Å². The summed E-state index contributed by atoms with van der Waals surface area (Å²) in [5.74, 6) is -1.63. The van der Waals surface area contributed by atoms with E-state index >= 15 is 4.39 Å². The van der Waals surface area contributed by atoms with E-state index in [2.05, 4.69) is 10.2 Å². The second-order valence-electron chi connectivity index (χ2n) is 12.0. The number of alkyl halides is 6. The summed E-state index contributed by atoms with van der Waals surface area (Å²) in [6, 6.07) is 11.0. The molecule has 0 fully saturated rings. The van der Waals surface area contributed by atoms with Crippen molar-refractivity contribution in [2.24, 2.45) is 0 Å². The molecule has 50 heavy (non-hydrogen) atoms. The average molecular weight is 703 g/mol. The molecule has 3 heterocycles. The van der Waals surface area contributed by atoms with Crippen LogP contribution in [0, 0.1) is 5.82 Å². The lowest BCUT2D eigenvalue weighted by atomic mass is 9.97. The number of fused-ring (bicyclic) bond motifs is 2. The van der Waals surface area contributed by atoms with Gasteiger partial charge in [0.25, 0.3) is 0 Å². The van der Waals surface area contributed by atoms with Crippen LogP contribution in [0.1, 0.15) is 62.5 Å². The van der Waals surface area contributed by atoms with Crippen molar-refractivity contribution in [1.29, 1.82) is 0 Å². The third kappa shape index (κ3) is 6.21. The molecule has 1 N–H and O–H groups in total. The molecule has 0 atom stereocenters. The molecule has 0 saturated heterocycles. The summed E-state index contributed by atoms with van der Waals surface area (Å²) >= 11 is 0. The Balaban J connectivity index is 1.24. The molecule has 0 bridgehead atoms. The van der Waals surface area contributed by atoms with Crippen molar-refractivity contribution in [1.82, 2.24) is 19.7 Å². The van der Waals surface area contributed by atoms with Gasteiger partial charge in [0, 0.05) is 41.4 Å². The van der Waals surface area contributed by atoms with Crippen LogP contribution in [0.15, 0.2) is 66.9 Å². The number of aromatic amines is 1. The second kappa shape index (κ2) is 12.4. The molecule has 5 aromatic rings. The Kier molecular flexibility index (Phi) is 8.54. The number of halogens is 7. The van der Waals surface area contributed by atoms with Crippen molar-refractivity contribution in [2.45, 2.75) is 44.8 Å². The minimum absolute atomic E-state index is 0.0390. The first-order valence-electron chi connectivity index (χ1n) is 14.8. The van der Waals surface area contributed by atoms with Crippen LogP contribution in [0.2, 0.25) is 0 Å². The van der Waals surface area contributed by atoms with Gasteiger partial charge in [0.05, 0.1) is 39.1 Å². The average Bonchev–Trinajstić information content (AvgIpc) is 3.75. The van der Waals surface area contributed by atoms with Gasteiger partial charge in [0.1, 0.15) is 12.1 Å². The van der Waals surface area contributed by atoms with Crippen LogP contribution < -0.4 is 0 Å². The number of nitrogens with zero attached hydrogens (tertiary/aromatic N) is 3. The highest BCUT2D eigenvalue weighted by Gasteiger charge is 2.44. The number of ether oxygens (including phenoxy) is 2. The molecule has 6 rings (SSSR count). The Hall–Kier alpha value is -5.51. The highest BCUT2D eigenvalue weighted by molar-refractivity contribution is 5.99. The zero-order valence-electron chi connectivity index (χ0n) is 26.1. The SMILES string of the molecule is CC1(C)c2[nH]nc(-c3ccc(F)c4c3ccn4C(=O)OCOC(=O)c3ccc(C=O)cc3)c2CN1Cc1ccc(C(F)(F)F)cc1C(F)(F)F. The van der Waals surface area contributed by atoms with Crippen LogP contribution in [0.25, 0.3) is 22.2 Å². The van der Waals surface area contributed by atoms with E-state index in [4.69, 9.17) is 9.47 Å². The van der Waals surface area contributed by atoms with Gasteiger partial charge in [0.2, 0.25) is 6.79 Å².